The first-order valence-corrected chi connectivity index (χ1v) is 4.63. The zero-order chi connectivity index (χ0) is 11.4. The Morgan fingerprint density at radius 3 is 2.21 bits per heavy atom. The molecule has 0 radical (unpaired) electrons. The van der Waals surface area contributed by atoms with Crippen molar-refractivity contribution in [2.45, 2.75) is 40.2 Å². The van der Waals surface area contributed by atoms with Crippen LogP contribution in [-0.2, 0) is 14.3 Å². The molecule has 1 N–H and O–H groups in total. The van der Waals surface area contributed by atoms with Crippen LogP contribution in [0.4, 0.5) is 0 Å². The topological polar surface area (TPSA) is 55.4 Å². The molecule has 0 aliphatic carbocycles. The maximum Gasteiger partial charge on any atom is 0.328 e. The lowest BCUT2D eigenvalue weighted by molar-refractivity contribution is -0.144. The van der Waals surface area contributed by atoms with Crippen LogP contribution in [0.2, 0.25) is 0 Å². The Balaban J connectivity index is 4.01. The Bertz CT molecular complexity index is 218. The molecule has 82 valence electrons. The van der Waals surface area contributed by atoms with E-state index in [0.717, 1.165) is 0 Å². The summed E-state index contributed by atoms with van der Waals surface area (Å²) in [6, 6.07) is -0.574. The fraction of sp³-hybridized carbons (Fsp3) is 0.800. The van der Waals surface area contributed by atoms with Crippen LogP contribution < -0.4 is 5.32 Å². The van der Waals surface area contributed by atoms with Gasteiger partial charge >= 0.3 is 5.97 Å². The molecule has 0 aromatic carbocycles. The summed E-state index contributed by atoms with van der Waals surface area (Å²) in [5.41, 5.74) is -0.0695. The van der Waals surface area contributed by atoms with Gasteiger partial charge < -0.3 is 10.1 Å². The van der Waals surface area contributed by atoms with Crippen molar-refractivity contribution in [3.63, 3.8) is 0 Å². The van der Waals surface area contributed by atoms with Gasteiger partial charge in [-0.2, -0.15) is 0 Å². The van der Waals surface area contributed by atoms with Crippen molar-refractivity contribution in [2.75, 3.05) is 7.11 Å². The number of nitrogens with one attached hydrogen (secondary N) is 1. The lowest BCUT2D eigenvalue weighted by atomic mass is 9.92. The predicted octanol–water partition coefficient (Wildman–Crippen LogP) is 1.10. The Morgan fingerprint density at radius 1 is 1.36 bits per heavy atom. The predicted molar refractivity (Wildman–Crippen MR) is 53.7 cm³/mol. The van der Waals surface area contributed by atoms with E-state index in [9.17, 15) is 9.59 Å². The molecule has 0 saturated carbocycles. The SMILES string of the molecule is COC(=O)C(C)NC(=O)CC(C)(C)C. The largest absolute Gasteiger partial charge is 0.467 e. The molecule has 0 saturated heterocycles. The molecule has 0 bridgehead atoms. The Kier molecular flexibility index (Phi) is 4.60. The number of methoxy groups -OCH3 is 1. The van der Waals surface area contributed by atoms with E-state index in [4.69, 9.17) is 0 Å². The molecule has 0 aromatic heterocycles. The van der Waals surface area contributed by atoms with Gasteiger partial charge in [-0.25, -0.2) is 4.79 Å². The van der Waals surface area contributed by atoms with E-state index in [0.29, 0.717) is 6.42 Å². The first kappa shape index (κ1) is 12.9. The van der Waals surface area contributed by atoms with E-state index in [2.05, 4.69) is 10.1 Å². The lowest BCUT2D eigenvalue weighted by Gasteiger charge is -2.19. The number of ether oxygens (including phenoxy) is 1. The zero-order valence-electron chi connectivity index (χ0n) is 9.51. The molecular formula is C10H19NO3. The third-order valence-electron chi connectivity index (χ3n) is 1.62. The van der Waals surface area contributed by atoms with Crippen molar-refractivity contribution >= 4 is 11.9 Å². The van der Waals surface area contributed by atoms with Crippen LogP contribution in [0.15, 0.2) is 0 Å². The number of amides is 1. The Morgan fingerprint density at radius 2 is 1.86 bits per heavy atom. The Hall–Kier alpha value is -1.06. The molecule has 0 heterocycles. The summed E-state index contributed by atoms with van der Waals surface area (Å²) in [5.74, 6) is -0.553. The minimum absolute atomic E-state index is 0.0695. The third kappa shape index (κ3) is 5.56. The van der Waals surface area contributed by atoms with Crippen LogP contribution in [0.1, 0.15) is 34.1 Å². The van der Waals surface area contributed by atoms with Crippen LogP contribution in [0.25, 0.3) is 0 Å². The summed E-state index contributed by atoms with van der Waals surface area (Å²) in [7, 11) is 1.30. The zero-order valence-corrected chi connectivity index (χ0v) is 9.51. The highest BCUT2D eigenvalue weighted by atomic mass is 16.5. The number of hydrogen-bond donors (Lipinski definition) is 1. The van der Waals surface area contributed by atoms with Crippen LogP contribution >= 0.6 is 0 Å². The average molecular weight is 201 g/mol. The molecule has 1 unspecified atom stereocenters. The molecule has 4 nitrogen and oxygen atoms in total. The number of esters is 1. The molecule has 0 rings (SSSR count). The second-order valence-electron chi connectivity index (χ2n) is 4.55. The third-order valence-corrected chi connectivity index (χ3v) is 1.62. The highest BCUT2D eigenvalue weighted by molar-refractivity contribution is 5.84. The summed E-state index contributed by atoms with van der Waals surface area (Å²) >= 11 is 0. The molecule has 0 spiro atoms. The molecule has 0 fully saturated rings. The number of hydrogen-bond acceptors (Lipinski definition) is 3. The van der Waals surface area contributed by atoms with Gasteiger partial charge in [0.05, 0.1) is 7.11 Å². The van der Waals surface area contributed by atoms with E-state index < -0.39 is 12.0 Å². The summed E-state index contributed by atoms with van der Waals surface area (Å²) in [6.45, 7) is 7.51. The first-order valence-electron chi connectivity index (χ1n) is 4.63. The van der Waals surface area contributed by atoms with Crippen LogP contribution in [0, 0.1) is 5.41 Å². The summed E-state index contributed by atoms with van der Waals surface area (Å²) < 4.78 is 4.49. The second kappa shape index (κ2) is 4.98. The van der Waals surface area contributed by atoms with Crippen molar-refractivity contribution in [1.29, 1.82) is 0 Å². The molecule has 0 aromatic rings. The van der Waals surface area contributed by atoms with Crippen LogP contribution in [-0.4, -0.2) is 25.0 Å². The normalized spacial score (nSPS) is 13.2. The number of carbonyl (C=O) groups excluding carboxylic acids is 2. The number of carbonyl (C=O) groups is 2. The number of rotatable bonds is 3. The monoisotopic (exact) mass is 201 g/mol. The first-order chi connectivity index (χ1) is 6.26. The summed E-state index contributed by atoms with van der Waals surface area (Å²) in [6.07, 6.45) is 0.397. The van der Waals surface area contributed by atoms with Gasteiger partial charge in [-0.1, -0.05) is 20.8 Å². The summed E-state index contributed by atoms with van der Waals surface area (Å²) in [4.78, 5) is 22.3. The minimum Gasteiger partial charge on any atom is -0.467 e. The Labute approximate surface area is 85.0 Å². The van der Waals surface area contributed by atoms with Gasteiger partial charge in [-0.05, 0) is 12.3 Å². The van der Waals surface area contributed by atoms with Crippen molar-refractivity contribution in [2.24, 2.45) is 5.41 Å². The molecule has 0 aliphatic heterocycles. The van der Waals surface area contributed by atoms with Gasteiger partial charge in [-0.15, -0.1) is 0 Å². The van der Waals surface area contributed by atoms with Gasteiger partial charge in [0.25, 0.3) is 0 Å². The summed E-state index contributed by atoms with van der Waals surface area (Å²) in [5, 5.41) is 2.57. The quantitative estimate of drug-likeness (QED) is 0.696. The van der Waals surface area contributed by atoms with Crippen molar-refractivity contribution in [3.8, 4) is 0 Å². The molecule has 4 heteroatoms. The smallest absolute Gasteiger partial charge is 0.328 e. The van der Waals surface area contributed by atoms with Crippen molar-refractivity contribution in [1.82, 2.24) is 5.32 Å². The molecule has 1 atom stereocenters. The standard InChI is InChI=1S/C10H19NO3/c1-7(9(13)14-5)11-8(12)6-10(2,3)4/h7H,6H2,1-5H3,(H,11,12). The van der Waals surface area contributed by atoms with E-state index in [1.54, 1.807) is 6.92 Å². The maximum atomic E-state index is 11.4. The second-order valence-corrected chi connectivity index (χ2v) is 4.55. The molecule has 14 heavy (non-hydrogen) atoms. The maximum absolute atomic E-state index is 11.4. The highest BCUT2D eigenvalue weighted by Gasteiger charge is 2.20. The molecule has 0 aliphatic rings. The lowest BCUT2D eigenvalue weighted by Crippen LogP contribution is -2.40. The van der Waals surface area contributed by atoms with Crippen molar-refractivity contribution < 1.29 is 14.3 Å². The molecular weight excluding hydrogens is 182 g/mol. The average Bonchev–Trinajstić information content (AvgIpc) is 1.99. The van der Waals surface area contributed by atoms with E-state index in [1.165, 1.54) is 7.11 Å². The fourth-order valence-electron chi connectivity index (χ4n) is 1.01. The van der Waals surface area contributed by atoms with Gasteiger partial charge in [0.2, 0.25) is 5.91 Å². The van der Waals surface area contributed by atoms with Gasteiger partial charge in [-0.3, -0.25) is 4.79 Å². The minimum atomic E-state index is -0.574. The molecule has 1 amide bonds. The van der Waals surface area contributed by atoms with E-state index in [-0.39, 0.29) is 11.3 Å². The van der Waals surface area contributed by atoms with Gasteiger partial charge in [0.1, 0.15) is 6.04 Å². The fourth-order valence-corrected chi connectivity index (χ4v) is 1.01. The van der Waals surface area contributed by atoms with Gasteiger partial charge in [0.15, 0.2) is 0 Å². The van der Waals surface area contributed by atoms with E-state index in [1.807, 2.05) is 20.8 Å². The van der Waals surface area contributed by atoms with E-state index >= 15 is 0 Å². The van der Waals surface area contributed by atoms with Crippen LogP contribution in [0.3, 0.4) is 0 Å². The van der Waals surface area contributed by atoms with Crippen LogP contribution in [0.5, 0.6) is 0 Å². The van der Waals surface area contributed by atoms with Gasteiger partial charge in [0, 0.05) is 6.42 Å². The highest BCUT2D eigenvalue weighted by Crippen LogP contribution is 2.17. The van der Waals surface area contributed by atoms with Crippen molar-refractivity contribution in [3.05, 3.63) is 0 Å².